The number of furan rings is 1. The van der Waals surface area contributed by atoms with E-state index in [1.54, 1.807) is 36.1 Å². The van der Waals surface area contributed by atoms with Crippen LogP contribution in [0.4, 0.5) is 0 Å². The molecule has 0 radical (unpaired) electrons. The maximum Gasteiger partial charge on any atom is 0.243 e. The minimum absolute atomic E-state index is 0.00961. The number of carbonyl (C=O) groups excluding carboxylic acids is 2. The van der Waals surface area contributed by atoms with Crippen molar-refractivity contribution in [2.24, 2.45) is 5.92 Å². The summed E-state index contributed by atoms with van der Waals surface area (Å²) in [4.78, 5) is 27.5. The molecule has 0 aliphatic carbocycles. The third kappa shape index (κ3) is 4.70. The highest BCUT2D eigenvalue weighted by Gasteiger charge is 2.41. The van der Waals surface area contributed by atoms with E-state index in [0.29, 0.717) is 24.5 Å². The van der Waals surface area contributed by atoms with Crippen LogP contribution in [0.1, 0.15) is 37.0 Å². The Hall–Kier alpha value is -2.41. The van der Waals surface area contributed by atoms with Gasteiger partial charge < -0.3 is 19.4 Å². The summed E-state index contributed by atoms with van der Waals surface area (Å²) in [5.41, 5.74) is 0.990. The first-order valence-electron chi connectivity index (χ1n) is 9.36. The Morgan fingerprint density at radius 2 is 2.07 bits per heavy atom. The number of thioether (sulfide) groups is 1. The molecule has 6 nitrogen and oxygen atoms in total. The Labute approximate surface area is 169 Å². The van der Waals surface area contributed by atoms with E-state index in [2.05, 4.69) is 19.2 Å². The van der Waals surface area contributed by atoms with Crippen molar-refractivity contribution in [1.82, 2.24) is 10.2 Å². The van der Waals surface area contributed by atoms with Crippen LogP contribution < -0.4 is 10.1 Å². The second kappa shape index (κ2) is 9.19. The van der Waals surface area contributed by atoms with Crippen molar-refractivity contribution in [2.45, 2.75) is 38.2 Å². The van der Waals surface area contributed by atoms with Crippen LogP contribution in [0.25, 0.3) is 0 Å². The zero-order valence-corrected chi connectivity index (χ0v) is 17.2. The molecule has 0 unspecified atom stereocenters. The zero-order chi connectivity index (χ0) is 20.1. The number of methoxy groups -OCH3 is 1. The predicted octanol–water partition coefficient (Wildman–Crippen LogP) is 3.59. The van der Waals surface area contributed by atoms with Gasteiger partial charge in [-0.1, -0.05) is 26.0 Å². The molecule has 1 aromatic heterocycles. The van der Waals surface area contributed by atoms with Gasteiger partial charge in [0.15, 0.2) is 0 Å². The van der Waals surface area contributed by atoms with Gasteiger partial charge in [-0.3, -0.25) is 9.59 Å². The van der Waals surface area contributed by atoms with E-state index in [1.807, 2.05) is 30.3 Å². The van der Waals surface area contributed by atoms with Crippen LogP contribution >= 0.6 is 11.8 Å². The van der Waals surface area contributed by atoms with Crippen LogP contribution in [0.3, 0.4) is 0 Å². The molecular formula is C21H26N2O4S. The smallest absolute Gasteiger partial charge is 0.243 e. The maximum atomic E-state index is 13.0. The number of nitrogens with zero attached hydrogens (tertiary/aromatic N) is 1. The van der Waals surface area contributed by atoms with Crippen molar-refractivity contribution < 1.29 is 18.7 Å². The van der Waals surface area contributed by atoms with E-state index in [0.717, 1.165) is 11.3 Å². The van der Waals surface area contributed by atoms with Gasteiger partial charge in [-0.05, 0) is 42.2 Å². The van der Waals surface area contributed by atoms with Gasteiger partial charge in [0.25, 0.3) is 0 Å². The maximum absolute atomic E-state index is 13.0. The second-order valence-corrected chi connectivity index (χ2v) is 8.25. The Morgan fingerprint density at radius 1 is 1.32 bits per heavy atom. The molecule has 7 heteroatoms. The SMILES string of the molecule is COc1ccc([C@@H]2SCC(=O)N2[C@H](CC(C)C)C(=O)NCc2ccco2)cc1. The highest BCUT2D eigenvalue weighted by Crippen LogP contribution is 2.41. The standard InChI is InChI=1S/C21H26N2O4S/c1-14(2)11-18(20(25)22-12-17-5-4-10-27-17)23-19(24)13-28-21(23)15-6-8-16(26-3)9-7-15/h4-10,14,18,21H,11-13H2,1-3H3,(H,22,25)/t18-,21+/m1/s1. The first-order valence-corrected chi connectivity index (χ1v) is 10.4. The summed E-state index contributed by atoms with van der Waals surface area (Å²) in [6.45, 7) is 4.43. The minimum Gasteiger partial charge on any atom is -0.497 e. The van der Waals surface area contributed by atoms with Gasteiger partial charge in [0.05, 0.1) is 25.7 Å². The second-order valence-electron chi connectivity index (χ2n) is 7.18. The fraction of sp³-hybridized carbons (Fsp3) is 0.429. The van der Waals surface area contributed by atoms with E-state index >= 15 is 0 Å². The largest absolute Gasteiger partial charge is 0.497 e. The normalized spacial score (nSPS) is 17.8. The molecule has 1 aliphatic rings. The number of rotatable bonds is 8. The van der Waals surface area contributed by atoms with Crippen LogP contribution in [0.5, 0.6) is 5.75 Å². The van der Waals surface area contributed by atoms with Crippen molar-refractivity contribution in [1.29, 1.82) is 0 Å². The molecule has 0 saturated carbocycles. The summed E-state index contributed by atoms with van der Waals surface area (Å²) in [6.07, 6.45) is 2.18. The van der Waals surface area contributed by atoms with Gasteiger partial charge in [0.1, 0.15) is 22.9 Å². The average molecular weight is 403 g/mol. The lowest BCUT2D eigenvalue weighted by Crippen LogP contribution is -2.49. The molecule has 0 spiro atoms. The van der Waals surface area contributed by atoms with Gasteiger partial charge in [-0.2, -0.15) is 0 Å². The third-order valence-corrected chi connectivity index (χ3v) is 5.88. The quantitative estimate of drug-likeness (QED) is 0.731. The molecule has 3 rings (SSSR count). The molecule has 2 atom stereocenters. The summed E-state index contributed by atoms with van der Waals surface area (Å²) in [7, 11) is 1.62. The lowest BCUT2D eigenvalue weighted by Gasteiger charge is -2.33. The molecule has 1 saturated heterocycles. The van der Waals surface area contributed by atoms with Gasteiger partial charge >= 0.3 is 0 Å². The third-order valence-electron chi connectivity index (χ3n) is 4.66. The fourth-order valence-electron chi connectivity index (χ4n) is 3.30. The number of hydrogen-bond donors (Lipinski definition) is 1. The summed E-state index contributed by atoms with van der Waals surface area (Å²) in [5.74, 6) is 1.93. The fourth-order valence-corrected chi connectivity index (χ4v) is 4.52. The van der Waals surface area contributed by atoms with Gasteiger partial charge in [0.2, 0.25) is 11.8 Å². The summed E-state index contributed by atoms with van der Waals surface area (Å²) in [6, 6.07) is 10.7. The number of benzene rings is 1. The molecule has 1 aliphatic heterocycles. The number of ether oxygens (including phenoxy) is 1. The minimum atomic E-state index is -0.524. The van der Waals surface area contributed by atoms with E-state index in [4.69, 9.17) is 9.15 Å². The molecule has 1 aromatic carbocycles. The Bertz CT molecular complexity index is 789. The molecular weight excluding hydrogens is 376 g/mol. The van der Waals surface area contributed by atoms with Crippen molar-refractivity contribution in [3.63, 3.8) is 0 Å². The van der Waals surface area contributed by atoms with Crippen molar-refractivity contribution in [2.75, 3.05) is 12.9 Å². The molecule has 2 amide bonds. The van der Waals surface area contributed by atoms with E-state index in [9.17, 15) is 9.59 Å². The number of amides is 2. The first kappa shape index (κ1) is 20.3. The molecule has 1 N–H and O–H groups in total. The summed E-state index contributed by atoms with van der Waals surface area (Å²) in [5, 5.41) is 2.74. The van der Waals surface area contributed by atoms with Gasteiger partial charge in [-0.15, -0.1) is 11.8 Å². The first-order chi connectivity index (χ1) is 13.5. The van der Waals surface area contributed by atoms with Crippen LogP contribution in [0, 0.1) is 5.92 Å². The predicted molar refractivity (Wildman–Crippen MR) is 109 cm³/mol. The zero-order valence-electron chi connectivity index (χ0n) is 16.4. The molecule has 2 heterocycles. The molecule has 150 valence electrons. The summed E-state index contributed by atoms with van der Waals surface area (Å²) < 4.78 is 10.5. The Morgan fingerprint density at radius 3 is 2.68 bits per heavy atom. The van der Waals surface area contributed by atoms with Crippen LogP contribution in [-0.4, -0.2) is 35.6 Å². The molecule has 28 heavy (non-hydrogen) atoms. The average Bonchev–Trinajstić information content (AvgIpc) is 3.34. The van der Waals surface area contributed by atoms with Crippen LogP contribution in [-0.2, 0) is 16.1 Å². The Balaban J connectivity index is 1.80. The van der Waals surface area contributed by atoms with Gasteiger partial charge in [-0.25, -0.2) is 0 Å². The lowest BCUT2D eigenvalue weighted by molar-refractivity contribution is -0.139. The highest BCUT2D eigenvalue weighted by molar-refractivity contribution is 8.00. The van der Waals surface area contributed by atoms with Gasteiger partial charge in [0, 0.05) is 0 Å². The molecule has 2 aromatic rings. The Kier molecular flexibility index (Phi) is 6.67. The summed E-state index contributed by atoms with van der Waals surface area (Å²) >= 11 is 1.55. The lowest BCUT2D eigenvalue weighted by atomic mass is 10.0. The van der Waals surface area contributed by atoms with E-state index < -0.39 is 6.04 Å². The molecule has 0 bridgehead atoms. The number of hydrogen-bond acceptors (Lipinski definition) is 5. The highest BCUT2D eigenvalue weighted by atomic mass is 32.2. The van der Waals surface area contributed by atoms with Crippen molar-refractivity contribution in [3.05, 3.63) is 54.0 Å². The van der Waals surface area contributed by atoms with E-state index in [-0.39, 0.29) is 23.1 Å². The van der Waals surface area contributed by atoms with Crippen LogP contribution in [0.15, 0.2) is 47.1 Å². The van der Waals surface area contributed by atoms with E-state index in [1.165, 1.54) is 0 Å². The van der Waals surface area contributed by atoms with Crippen molar-refractivity contribution in [3.8, 4) is 5.75 Å². The number of nitrogens with one attached hydrogen (secondary N) is 1. The topological polar surface area (TPSA) is 71.8 Å². The molecule has 1 fully saturated rings. The monoisotopic (exact) mass is 402 g/mol. The van der Waals surface area contributed by atoms with Crippen LogP contribution in [0.2, 0.25) is 0 Å². The van der Waals surface area contributed by atoms with Crippen molar-refractivity contribution >= 4 is 23.6 Å². The number of carbonyl (C=O) groups is 2.